The van der Waals surface area contributed by atoms with Gasteiger partial charge in [-0.25, -0.2) is 0 Å². The Hall–Kier alpha value is -2.98. The molecule has 0 aliphatic carbocycles. The van der Waals surface area contributed by atoms with E-state index >= 15 is 0 Å². The summed E-state index contributed by atoms with van der Waals surface area (Å²) >= 11 is 0. The predicted octanol–water partition coefficient (Wildman–Crippen LogP) is 4.89. The van der Waals surface area contributed by atoms with E-state index in [-0.39, 0.29) is 36.5 Å². The number of aliphatic hydroxyl groups is 1. The number of nitrogens with zero attached hydrogens (tertiary/aromatic N) is 3. The van der Waals surface area contributed by atoms with Crippen molar-refractivity contribution < 1.29 is 24.2 Å². The van der Waals surface area contributed by atoms with Gasteiger partial charge in [0.1, 0.15) is 5.75 Å². The number of hydrogen-bond donors (Lipinski definition) is 2. The standard InChI is InChI=1S/C35H54N4O5/c1-26-22-39(27(2)25-40)35(42)31-21-30(36-34(41)16-12-19-37(4)5)17-18-32(31)44-28(3)13-10-11-20-43-33(26)24-38(6)23-29-14-8-7-9-15-29/h7-9,14-15,17-18,21,26-28,33,40H,10-13,16,19-20,22-25H2,1-6H3,(H,36,41)/t26-,27-,28+,33-/m0/s1. The van der Waals surface area contributed by atoms with Crippen LogP contribution in [0.15, 0.2) is 48.5 Å². The Labute approximate surface area is 264 Å². The molecule has 0 radical (unpaired) electrons. The highest BCUT2D eigenvalue weighted by Crippen LogP contribution is 2.28. The Bertz CT molecular complexity index is 1160. The van der Waals surface area contributed by atoms with Gasteiger partial charge in [0.25, 0.3) is 5.91 Å². The number of hydrogen-bond acceptors (Lipinski definition) is 7. The zero-order valence-electron chi connectivity index (χ0n) is 27.6. The van der Waals surface area contributed by atoms with E-state index in [0.29, 0.717) is 43.1 Å². The first kappa shape index (κ1) is 35.5. The van der Waals surface area contributed by atoms with E-state index in [1.54, 1.807) is 23.1 Å². The van der Waals surface area contributed by atoms with Crippen LogP contribution < -0.4 is 10.1 Å². The molecule has 0 bridgehead atoms. The van der Waals surface area contributed by atoms with Crippen molar-refractivity contribution in [1.29, 1.82) is 0 Å². The summed E-state index contributed by atoms with van der Waals surface area (Å²) < 4.78 is 12.8. The van der Waals surface area contributed by atoms with E-state index in [4.69, 9.17) is 9.47 Å². The summed E-state index contributed by atoms with van der Waals surface area (Å²) in [5, 5.41) is 13.2. The van der Waals surface area contributed by atoms with Gasteiger partial charge in [-0.05, 0) is 91.0 Å². The number of anilines is 1. The van der Waals surface area contributed by atoms with Gasteiger partial charge >= 0.3 is 0 Å². The summed E-state index contributed by atoms with van der Waals surface area (Å²) in [6.45, 7) is 9.18. The van der Waals surface area contributed by atoms with Gasteiger partial charge in [-0.2, -0.15) is 0 Å². The van der Waals surface area contributed by atoms with E-state index in [0.717, 1.165) is 38.8 Å². The Balaban J connectivity index is 1.87. The van der Waals surface area contributed by atoms with Crippen LogP contribution in [0.25, 0.3) is 0 Å². The molecule has 2 N–H and O–H groups in total. The lowest BCUT2D eigenvalue weighted by atomic mass is 10.0. The highest BCUT2D eigenvalue weighted by molar-refractivity contribution is 5.99. The molecule has 0 saturated carbocycles. The lowest BCUT2D eigenvalue weighted by Gasteiger charge is -2.36. The van der Waals surface area contributed by atoms with Crippen LogP contribution in [0, 0.1) is 5.92 Å². The Morgan fingerprint density at radius 3 is 2.57 bits per heavy atom. The average Bonchev–Trinajstić information content (AvgIpc) is 2.98. The number of likely N-dealkylation sites (N-methyl/N-ethyl adjacent to an activating group) is 1. The van der Waals surface area contributed by atoms with Gasteiger partial charge in [-0.15, -0.1) is 0 Å². The van der Waals surface area contributed by atoms with Crippen molar-refractivity contribution in [2.45, 2.75) is 77.7 Å². The molecule has 0 aromatic heterocycles. The van der Waals surface area contributed by atoms with Crippen LogP contribution in [0.4, 0.5) is 5.69 Å². The van der Waals surface area contributed by atoms with Crippen molar-refractivity contribution in [3.8, 4) is 5.75 Å². The molecule has 1 heterocycles. The van der Waals surface area contributed by atoms with Gasteiger partial charge in [0.2, 0.25) is 5.91 Å². The maximum Gasteiger partial charge on any atom is 0.258 e. The van der Waals surface area contributed by atoms with Crippen molar-refractivity contribution in [3.05, 3.63) is 59.7 Å². The highest BCUT2D eigenvalue weighted by Gasteiger charge is 2.30. The largest absolute Gasteiger partial charge is 0.490 e. The number of benzene rings is 2. The van der Waals surface area contributed by atoms with Gasteiger partial charge in [0.15, 0.2) is 0 Å². The average molecular weight is 611 g/mol. The van der Waals surface area contributed by atoms with E-state index in [1.165, 1.54) is 5.56 Å². The maximum atomic E-state index is 14.3. The molecule has 244 valence electrons. The van der Waals surface area contributed by atoms with E-state index in [1.807, 2.05) is 51.0 Å². The van der Waals surface area contributed by atoms with E-state index in [2.05, 4.69) is 36.3 Å². The molecule has 44 heavy (non-hydrogen) atoms. The summed E-state index contributed by atoms with van der Waals surface area (Å²) in [5.74, 6) is 0.154. The fourth-order valence-corrected chi connectivity index (χ4v) is 5.51. The first-order valence-electron chi connectivity index (χ1n) is 16.1. The monoisotopic (exact) mass is 610 g/mol. The number of carbonyl (C=O) groups is 2. The highest BCUT2D eigenvalue weighted by atomic mass is 16.5. The third-order valence-corrected chi connectivity index (χ3v) is 8.13. The van der Waals surface area contributed by atoms with Gasteiger partial charge in [0.05, 0.1) is 30.4 Å². The number of carbonyl (C=O) groups excluding carboxylic acids is 2. The van der Waals surface area contributed by atoms with Gasteiger partial charge in [-0.1, -0.05) is 37.3 Å². The number of ether oxygens (including phenoxy) is 2. The molecule has 4 atom stereocenters. The second-order valence-electron chi connectivity index (χ2n) is 12.6. The molecule has 0 saturated heterocycles. The SMILES string of the molecule is C[C@@H]1CCCCO[C@@H](CN(C)Cc2ccccc2)[C@@H](C)CN([C@@H](C)CO)C(=O)c2cc(NC(=O)CCCN(C)C)ccc2O1. The molecule has 2 aromatic rings. The van der Waals surface area contributed by atoms with Crippen LogP contribution >= 0.6 is 0 Å². The van der Waals surface area contributed by atoms with Crippen molar-refractivity contribution >= 4 is 17.5 Å². The first-order valence-corrected chi connectivity index (χ1v) is 16.1. The molecule has 1 aliphatic heterocycles. The van der Waals surface area contributed by atoms with Crippen molar-refractivity contribution in [1.82, 2.24) is 14.7 Å². The number of fused-ring (bicyclic) bond motifs is 1. The summed E-state index contributed by atoms with van der Waals surface area (Å²) in [5.41, 5.74) is 2.17. The Morgan fingerprint density at radius 1 is 1.11 bits per heavy atom. The lowest BCUT2D eigenvalue weighted by molar-refractivity contribution is -0.116. The molecule has 9 nitrogen and oxygen atoms in total. The lowest BCUT2D eigenvalue weighted by Crippen LogP contribution is -2.47. The van der Waals surface area contributed by atoms with Crippen molar-refractivity contribution in [2.75, 3.05) is 59.3 Å². The number of amides is 2. The Kier molecular flexibility index (Phi) is 14.6. The minimum absolute atomic E-state index is 0.00279. The number of aliphatic hydroxyl groups excluding tert-OH is 1. The zero-order chi connectivity index (χ0) is 32.1. The minimum Gasteiger partial charge on any atom is -0.490 e. The summed E-state index contributed by atoms with van der Waals surface area (Å²) in [6.07, 6.45) is 3.61. The first-order chi connectivity index (χ1) is 21.1. The number of rotatable bonds is 11. The van der Waals surface area contributed by atoms with Crippen LogP contribution in [0.5, 0.6) is 5.75 Å². The van der Waals surface area contributed by atoms with Crippen LogP contribution in [0.1, 0.15) is 68.8 Å². The van der Waals surface area contributed by atoms with E-state index in [9.17, 15) is 14.7 Å². The molecule has 0 fully saturated rings. The predicted molar refractivity (Wildman–Crippen MR) is 176 cm³/mol. The quantitative estimate of drug-likeness (QED) is 0.374. The molecule has 2 amide bonds. The van der Waals surface area contributed by atoms with Gasteiger partial charge in [0, 0.05) is 44.3 Å². The molecule has 3 rings (SSSR count). The normalized spacial score (nSPS) is 21.0. The van der Waals surface area contributed by atoms with E-state index < -0.39 is 6.04 Å². The minimum atomic E-state index is -0.421. The summed E-state index contributed by atoms with van der Waals surface area (Å²) in [4.78, 5) is 33.0. The van der Waals surface area contributed by atoms with Crippen LogP contribution in [0.2, 0.25) is 0 Å². The van der Waals surface area contributed by atoms with Gasteiger partial charge < -0.3 is 29.7 Å². The smallest absolute Gasteiger partial charge is 0.258 e. The topological polar surface area (TPSA) is 94.6 Å². The van der Waals surface area contributed by atoms with Crippen molar-refractivity contribution in [3.63, 3.8) is 0 Å². The van der Waals surface area contributed by atoms with Crippen LogP contribution in [-0.2, 0) is 16.1 Å². The van der Waals surface area contributed by atoms with Gasteiger partial charge in [-0.3, -0.25) is 14.5 Å². The van der Waals surface area contributed by atoms with Crippen LogP contribution in [0.3, 0.4) is 0 Å². The zero-order valence-corrected chi connectivity index (χ0v) is 27.6. The fourth-order valence-electron chi connectivity index (χ4n) is 5.51. The summed E-state index contributed by atoms with van der Waals surface area (Å²) in [7, 11) is 6.06. The summed E-state index contributed by atoms with van der Waals surface area (Å²) in [6, 6.07) is 15.2. The fraction of sp³-hybridized carbons (Fsp3) is 0.600. The molecule has 1 aliphatic rings. The molecule has 9 heteroatoms. The van der Waals surface area contributed by atoms with Crippen LogP contribution in [-0.4, -0.2) is 104 Å². The molecular weight excluding hydrogens is 556 g/mol. The molecule has 0 unspecified atom stereocenters. The molecular formula is C35H54N4O5. The Morgan fingerprint density at radius 2 is 1.86 bits per heavy atom. The maximum absolute atomic E-state index is 14.3. The second-order valence-corrected chi connectivity index (χ2v) is 12.6. The second kappa shape index (κ2) is 18.1. The third kappa shape index (κ3) is 11.5. The number of nitrogens with one attached hydrogen (secondary N) is 1. The third-order valence-electron chi connectivity index (χ3n) is 8.13. The molecule has 2 aromatic carbocycles. The molecule has 0 spiro atoms. The van der Waals surface area contributed by atoms with Crippen molar-refractivity contribution in [2.24, 2.45) is 5.92 Å².